The zero-order valence-corrected chi connectivity index (χ0v) is 15.1. The highest BCUT2D eigenvalue weighted by Gasteiger charge is 2.37. The fourth-order valence-electron chi connectivity index (χ4n) is 4.35. The predicted molar refractivity (Wildman–Crippen MR) is 101 cm³/mol. The highest BCUT2D eigenvalue weighted by atomic mass is 16.2. The summed E-state index contributed by atoms with van der Waals surface area (Å²) in [5, 5.41) is 6.56. The van der Waals surface area contributed by atoms with E-state index < -0.39 is 0 Å². The van der Waals surface area contributed by atoms with E-state index in [1.807, 2.05) is 15.5 Å². The van der Waals surface area contributed by atoms with E-state index in [1.54, 1.807) is 24.5 Å². The van der Waals surface area contributed by atoms with Crippen molar-refractivity contribution in [2.45, 2.75) is 18.9 Å². The van der Waals surface area contributed by atoms with Crippen LogP contribution in [-0.2, 0) is 6.54 Å². The molecule has 9 nitrogen and oxygen atoms in total. The van der Waals surface area contributed by atoms with Crippen molar-refractivity contribution >= 4 is 11.7 Å². The Morgan fingerprint density at radius 1 is 1.18 bits per heavy atom. The van der Waals surface area contributed by atoms with E-state index in [-0.39, 0.29) is 23.3 Å². The first kappa shape index (κ1) is 16.7. The lowest BCUT2D eigenvalue weighted by Gasteiger charge is -2.42. The van der Waals surface area contributed by atoms with E-state index in [1.165, 1.54) is 6.33 Å². The van der Waals surface area contributed by atoms with Gasteiger partial charge in [-0.05, 0) is 18.4 Å². The van der Waals surface area contributed by atoms with Crippen LogP contribution in [0.1, 0.15) is 28.4 Å². The van der Waals surface area contributed by atoms with Crippen molar-refractivity contribution in [3.05, 3.63) is 58.5 Å². The maximum atomic E-state index is 12.8. The number of carbonyl (C=O) groups is 1. The van der Waals surface area contributed by atoms with E-state index >= 15 is 0 Å². The highest BCUT2D eigenvalue weighted by molar-refractivity contribution is 5.93. The number of hydrogen-bond donors (Lipinski definition) is 2. The number of aromatic amines is 1. The van der Waals surface area contributed by atoms with Gasteiger partial charge >= 0.3 is 0 Å². The second kappa shape index (κ2) is 6.29. The summed E-state index contributed by atoms with van der Waals surface area (Å²) < 4.78 is 1.84. The number of nitrogens with zero attached hydrogens (tertiary/aromatic N) is 5. The number of nitrogens with one attached hydrogen (secondary N) is 1. The number of amides is 1. The fourth-order valence-corrected chi connectivity index (χ4v) is 4.35. The molecule has 5 heterocycles. The van der Waals surface area contributed by atoms with Crippen LogP contribution in [-0.4, -0.2) is 48.6 Å². The third-order valence-electron chi connectivity index (χ3n) is 5.57. The van der Waals surface area contributed by atoms with Crippen LogP contribution in [0.4, 0.5) is 5.82 Å². The van der Waals surface area contributed by atoms with E-state index in [9.17, 15) is 9.59 Å². The van der Waals surface area contributed by atoms with Gasteiger partial charge in [0.25, 0.3) is 11.5 Å². The summed E-state index contributed by atoms with van der Waals surface area (Å²) in [6.07, 6.45) is 5.51. The quantitative estimate of drug-likeness (QED) is 0.683. The molecule has 0 aliphatic carbocycles. The van der Waals surface area contributed by atoms with Crippen molar-refractivity contribution in [1.82, 2.24) is 29.6 Å². The van der Waals surface area contributed by atoms with Gasteiger partial charge in [0.1, 0.15) is 12.1 Å². The van der Waals surface area contributed by atoms with Gasteiger partial charge in [-0.1, -0.05) is 0 Å². The number of aromatic nitrogens is 5. The molecule has 1 amide bonds. The van der Waals surface area contributed by atoms with Crippen molar-refractivity contribution in [2.24, 2.45) is 5.92 Å². The van der Waals surface area contributed by atoms with Crippen LogP contribution in [0.25, 0.3) is 11.3 Å². The number of nitrogen functional groups attached to an aromatic ring is 1. The Labute approximate surface area is 160 Å². The summed E-state index contributed by atoms with van der Waals surface area (Å²) in [7, 11) is 0. The topological polar surface area (TPSA) is 123 Å². The lowest BCUT2D eigenvalue weighted by Crippen LogP contribution is -2.49. The smallest absolute Gasteiger partial charge is 0.257 e. The average molecular weight is 377 g/mol. The molecule has 3 N–H and O–H groups in total. The van der Waals surface area contributed by atoms with E-state index in [0.29, 0.717) is 36.7 Å². The molecule has 2 aliphatic rings. The van der Waals surface area contributed by atoms with E-state index in [2.05, 4.69) is 20.2 Å². The Hall–Kier alpha value is -3.49. The Morgan fingerprint density at radius 3 is 2.86 bits per heavy atom. The number of likely N-dealkylation sites (tertiary alicyclic amines) is 1. The van der Waals surface area contributed by atoms with Crippen molar-refractivity contribution in [2.75, 3.05) is 18.8 Å². The third-order valence-corrected chi connectivity index (χ3v) is 5.57. The summed E-state index contributed by atoms with van der Waals surface area (Å²) in [6, 6.07) is 5.25. The minimum absolute atomic E-state index is 0.0287. The van der Waals surface area contributed by atoms with Crippen LogP contribution < -0.4 is 11.3 Å². The van der Waals surface area contributed by atoms with E-state index in [4.69, 9.17) is 5.73 Å². The number of rotatable bonds is 2. The van der Waals surface area contributed by atoms with Gasteiger partial charge in [0.2, 0.25) is 0 Å². The molecular weight excluding hydrogens is 358 g/mol. The summed E-state index contributed by atoms with van der Waals surface area (Å²) in [6.45, 7) is 1.85. The Bertz CT molecular complexity index is 1110. The van der Waals surface area contributed by atoms with Gasteiger partial charge < -0.3 is 15.2 Å². The standard InChI is InChI=1S/C19H19N7O2/c20-17-4-15(21-10-22-17)12-2-16-13-1-11(8-26(16)18(27)3-12)7-25(9-13)19(28)14-5-23-24-6-14/h2-6,10-11,13H,1,7-9H2,(H,23,24)(H2,20,21,22)/t11-,13+/m0/s1. The first-order valence-corrected chi connectivity index (χ1v) is 9.19. The minimum Gasteiger partial charge on any atom is -0.384 e. The van der Waals surface area contributed by atoms with Gasteiger partial charge in [0, 0.05) is 55.1 Å². The fraction of sp³-hybridized carbons (Fsp3) is 0.316. The number of fused-ring (bicyclic) bond motifs is 4. The molecule has 2 atom stereocenters. The van der Waals surface area contributed by atoms with Gasteiger partial charge in [-0.3, -0.25) is 14.7 Å². The van der Waals surface area contributed by atoms with Gasteiger partial charge in [0.15, 0.2) is 0 Å². The molecule has 3 aromatic rings. The van der Waals surface area contributed by atoms with Crippen molar-refractivity contribution in [1.29, 1.82) is 0 Å². The Morgan fingerprint density at radius 2 is 2.07 bits per heavy atom. The number of piperidine rings is 1. The van der Waals surface area contributed by atoms with Crippen LogP contribution in [0, 0.1) is 5.92 Å². The predicted octanol–water partition coefficient (Wildman–Crippen LogP) is 0.870. The molecule has 2 bridgehead atoms. The number of hydrogen-bond acceptors (Lipinski definition) is 6. The van der Waals surface area contributed by atoms with Crippen molar-refractivity contribution in [3.8, 4) is 11.3 Å². The van der Waals surface area contributed by atoms with Crippen LogP contribution >= 0.6 is 0 Å². The van der Waals surface area contributed by atoms with Crippen LogP contribution in [0.5, 0.6) is 0 Å². The molecule has 142 valence electrons. The zero-order valence-electron chi connectivity index (χ0n) is 15.1. The first-order valence-electron chi connectivity index (χ1n) is 9.19. The molecule has 1 fully saturated rings. The molecule has 3 aromatic heterocycles. The Balaban J connectivity index is 1.51. The monoisotopic (exact) mass is 377 g/mol. The Kier molecular flexibility index (Phi) is 3.75. The molecular formula is C19H19N7O2. The van der Waals surface area contributed by atoms with E-state index in [0.717, 1.165) is 17.7 Å². The summed E-state index contributed by atoms with van der Waals surface area (Å²) in [5.41, 5.74) is 8.57. The molecule has 0 spiro atoms. The largest absolute Gasteiger partial charge is 0.384 e. The maximum Gasteiger partial charge on any atom is 0.257 e. The van der Waals surface area contributed by atoms with Crippen LogP contribution in [0.15, 0.2) is 41.7 Å². The SMILES string of the molecule is Nc1cc(-c2cc3n(c(=O)c2)C[C@H]2C[C@@H]3CN(C(=O)c3cn[nH]c3)C2)ncn1. The van der Waals surface area contributed by atoms with Gasteiger partial charge in [-0.25, -0.2) is 9.97 Å². The number of H-pyrrole nitrogens is 1. The number of nitrogens with two attached hydrogens (primary N) is 1. The maximum absolute atomic E-state index is 12.8. The third kappa shape index (κ3) is 2.75. The highest BCUT2D eigenvalue weighted by Crippen LogP contribution is 2.36. The number of pyridine rings is 1. The molecule has 0 aromatic carbocycles. The molecule has 0 unspecified atom stereocenters. The normalized spacial score (nSPS) is 20.6. The molecule has 28 heavy (non-hydrogen) atoms. The molecule has 2 aliphatic heterocycles. The van der Waals surface area contributed by atoms with Gasteiger partial charge in [-0.2, -0.15) is 5.10 Å². The van der Waals surface area contributed by atoms with Crippen molar-refractivity contribution in [3.63, 3.8) is 0 Å². The lowest BCUT2D eigenvalue weighted by molar-refractivity contribution is 0.0595. The average Bonchev–Trinajstić information content (AvgIpc) is 3.23. The summed E-state index contributed by atoms with van der Waals surface area (Å²) >= 11 is 0. The van der Waals surface area contributed by atoms with Gasteiger partial charge in [0.05, 0.1) is 17.5 Å². The zero-order chi connectivity index (χ0) is 19.3. The second-order valence-corrected chi connectivity index (χ2v) is 7.44. The van der Waals surface area contributed by atoms with Gasteiger partial charge in [-0.15, -0.1) is 0 Å². The van der Waals surface area contributed by atoms with Crippen LogP contribution in [0.3, 0.4) is 0 Å². The molecule has 9 heteroatoms. The number of carbonyl (C=O) groups excluding carboxylic acids is 1. The number of anilines is 1. The van der Waals surface area contributed by atoms with Crippen molar-refractivity contribution < 1.29 is 4.79 Å². The summed E-state index contributed by atoms with van der Waals surface area (Å²) in [4.78, 5) is 35.6. The molecule has 0 radical (unpaired) electrons. The lowest BCUT2D eigenvalue weighted by atomic mass is 9.82. The molecule has 5 rings (SSSR count). The second-order valence-electron chi connectivity index (χ2n) is 7.44. The molecule has 1 saturated heterocycles. The summed E-state index contributed by atoms with van der Waals surface area (Å²) in [5.74, 6) is 0.701. The first-order chi connectivity index (χ1) is 13.6. The molecule has 0 saturated carbocycles. The minimum atomic E-state index is -0.0472. The van der Waals surface area contributed by atoms with Crippen LogP contribution in [0.2, 0.25) is 0 Å².